The van der Waals surface area contributed by atoms with Crippen LogP contribution in [0.5, 0.6) is 0 Å². The summed E-state index contributed by atoms with van der Waals surface area (Å²) in [5.74, 6) is 0.884. The van der Waals surface area contributed by atoms with Crippen molar-refractivity contribution in [2.24, 2.45) is 0 Å². The molecule has 1 saturated heterocycles. The van der Waals surface area contributed by atoms with Crippen LogP contribution in [0.4, 0.5) is 0 Å². The van der Waals surface area contributed by atoms with Crippen molar-refractivity contribution < 1.29 is 9.21 Å². The molecule has 2 heterocycles. The third kappa shape index (κ3) is 4.18. The fourth-order valence-corrected chi connectivity index (χ4v) is 3.39. The number of thioether (sulfide) groups is 1. The number of nitrogens with zero attached hydrogens (tertiary/aromatic N) is 1. The quantitative estimate of drug-likeness (QED) is 0.826. The summed E-state index contributed by atoms with van der Waals surface area (Å²) in [6.45, 7) is 2.26. The van der Waals surface area contributed by atoms with Gasteiger partial charge in [0.25, 0.3) is 0 Å². The van der Waals surface area contributed by atoms with Crippen LogP contribution in [0.3, 0.4) is 0 Å². The van der Waals surface area contributed by atoms with Crippen LogP contribution < -0.4 is 5.32 Å². The fourth-order valence-electron chi connectivity index (χ4n) is 2.98. The first-order valence-electron chi connectivity index (χ1n) is 7.93. The van der Waals surface area contributed by atoms with Gasteiger partial charge in [-0.15, -0.1) is 11.8 Å². The molecule has 2 aromatic rings. The largest absolute Gasteiger partial charge is 0.467 e. The standard InChI is InChI=1S/C18H22N2O2S/c1-23-16-8-6-14(7-9-16)13-20-10-2-5-17(20)18(21)19-12-15-4-3-11-22-15/h3-4,6-9,11,17H,2,5,10,12-13H2,1H3,(H,19,21)/t17-/m0/s1. The Kier molecular flexibility index (Phi) is 5.41. The molecule has 0 bridgehead atoms. The van der Waals surface area contributed by atoms with Crippen LogP contribution in [-0.2, 0) is 17.9 Å². The summed E-state index contributed by atoms with van der Waals surface area (Å²) in [6, 6.07) is 12.3. The molecule has 0 aliphatic carbocycles. The number of carbonyl (C=O) groups is 1. The summed E-state index contributed by atoms with van der Waals surface area (Å²) in [5.41, 5.74) is 1.26. The van der Waals surface area contributed by atoms with Gasteiger partial charge in [0.15, 0.2) is 0 Å². The van der Waals surface area contributed by atoms with Gasteiger partial charge >= 0.3 is 0 Å². The fraction of sp³-hybridized carbons (Fsp3) is 0.389. The summed E-state index contributed by atoms with van der Waals surface area (Å²) >= 11 is 1.74. The second kappa shape index (κ2) is 7.70. The van der Waals surface area contributed by atoms with Gasteiger partial charge in [0, 0.05) is 11.4 Å². The van der Waals surface area contributed by atoms with Crippen LogP contribution >= 0.6 is 11.8 Å². The van der Waals surface area contributed by atoms with Crippen LogP contribution in [-0.4, -0.2) is 29.6 Å². The number of rotatable bonds is 6. The Labute approximate surface area is 141 Å². The first-order valence-corrected chi connectivity index (χ1v) is 9.16. The van der Waals surface area contributed by atoms with Gasteiger partial charge < -0.3 is 9.73 Å². The summed E-state index contributed by atoms with van der Waals surface area (Å²) < 4.78 is 5.26. The van der Waals surface area contributed by atoms with Crippen molar-refractivity contribution in [1.82, 2.24) is 10.2 Å². The summed E-state index contributed by atoms with van der Waals surface area (Å²) in [4.78, 5) is 16.0. The van der Waals surface area contributed by atoms with Gasteiger partial charge in [-0.05, 0) is 55.5 Å². The first-order chi connectivity index (χ1) is 11.3. The Hall–Kier alpha value is -1.72. The van der Waals surface area contributed by atoms with Crippen molar-refractivity contribution in [3.05, 3.63) is 54.0 Å². The average Bonchev–Trinajstić information content (AvgIpc) is 3.25. The van der Waals surface area contributed by atoms with E-state index in [4.69, 9.17) is 4.42 Å². The van der Waals surface area contributed by atoms with Crippen molar-refractivity contribution in [3.8, 4) is 0 Å². The van der Waals surface area contributed by atoms with E-state index in [0.29, 0.717) is 6.54 Å². The first kappa shape index (κ1) is 16.1. The lowest BCUT2D eigenvalue weighted by Crippen LogP contribution is -2.42. The van der Waals surface area contributed by atoms with Gasteiger partial charge in [0.1, 0.15) is 5.76 Å². The SMILES string of the molecule is CSc1ccc(CN2CCC[C@H]2C(=O)NCc2ccco2)cc1. The number of carbonyl (C=O) groups excluding carboxylic acids is 1. The third-order valence-electron chi connectivity index (χ3n) is 4.23. The average molecular weight is 330 g/mol. The van der Waals surface area contributed by atoms with E-state index < -0.39 is 0 Å². The Bertz CT molecular complexity index is 625. The minimum Gasteiger partial charge on any atom is -0.467 e. The predicted molar refractivity (Wildman–Crippen MR) is 92.2 cm³/mol. The molecule has 1 aromatic carbocycles. The van der Waals surface area contributed by atoms with Crippen molar-refractivity contribution in [3.63, 3.8) is 0 Å². The van der Waals surface area contributed by atoms with Gasteiger partial charge in [-0.25, -0.2) is 0 Å². The van der Waals surface area contributed by atoms with E-state index in [0.717, 1.165) is 31.7 Å². The van der Waals surface area contributed by atoms with Crippen LogP contribution in [0.25, 0.3) is 0 Å². The zero-order valence-corrected chi connectivity index (χ0v) is 14.1. The maximum absolute atomic E-state index is 12.4. The minimum absolute atomic E-state index is 0.0369. The van der Waals surface area contributed by atoms with Crippen LogP contribution in [0.2, 0.25) is 0 Å². The highest BCUT2D eigenvalue weighted by atomic mass is 32.2. The molecular weight excluding hydrogens is 308 g/mol. The number of likely N-dealkylation sites (tertiary alicyclic amines) is 1. The highest BCUT2D eigenvalue weighted by Crippen LogP contribution is 2.22. The highest BCUT2D eigenvalue weighted by molar-refractivity contribution is 7.98. The van der Waals surface area contributed by atoms with Crippen LogP contribution in [0, 0.1) is 0 Å². The molecule has 23 heavy (non-hydrogen) atoms. The van der Waals surface area contributed by atoms with Crippen molar-refractivity contribution >= 4 is 17.7 Å². The van der Waals surface area contributed by atoms with E-state index in [1.807, 2.05) is 12.1 Å². The number of hydrogen-bond acceptors (Lipinski definition) is 4. The highest BCUT2D eigenvalue weighted by Gasteiger charge is 2.30. The Morgan fingerprint density at radius 3 is 2.87 bits per heavy atom. The van der Waals surface area contributed by atoms with Crippen molar-refractivity contribution in [2.45, 2.75) is 36.9 Å². The molecule has 1 aliphatic rings. The number of nitrogens with one attached hydrogen (secondary N) is 1. The number of benzene rings is 1. The van der Waals surface area contributed by atoms with Gasteiger partial charge in [-0.3, -0.25) is 9.69 Å². The summed E-state index contributed by atoms with van der Waals surface area (Å²) in [6.07, 6.45) is 5.70. The molecule has 122 valence electrons. The van der Waals surface area contributed by atoms with Crippen LogP contribution in [0.1, 0.15) is 24.2 Å². The zero-order chi connectivity index (χ0) is 16.1. The third-order valence-corrected chi connectivity index (χ3v) is 4.97. The molecule has 1 aliphatic heterocycles. The molecule has 5 heteroatoms. The Balaban J connectivity index is 1.56. The van der Waals surface area contributed by atoms with E-state index in [9.17, 15) is 4.79 Å². The molecule has 0 radical (unpaired) electrons. The molecule has 1 aromatic heterocycles. The predicted octanol–water partition coefficient (Wildman–Crippen LogP) is 3.28. The lowest BCUT2D eigenvalue weighted by atomic mass is 10.1. The molecule has 1 N–H and O–H groups in total. The molecule has 4 nitrogen and oxygen atoms in total. The van der Waals surface area contributed by atoms with Gasteiger partial charge in [0.05, 0.1) is 18.8 Å². The summed E-state index contributed by atoms with van der Waals surface area (Å²) in [7, 11) is 0. The van der Waals surface area contributed by atoms with Gasteiger partial charge in [-0.1, -0.05) is 12.1 Å². The number of furan rings is 1. The summed E-state index contributed by atoms with van der Waals surface area (Å²) in [5, 5.41) is 2.98. The molecule has 1 amide bonds. The molecular formula is C18H22N2O2S. The smallest absolute Gasteiger partial charge is 0.237 e. The van der Waals surface area contributed by atoms with E-state index in [-0.39, 0.29) is 11.9 Å². The van der Waals surface area contributed by atoms with Crippen LogP contribution in [0.15, 0.2) is 52.0 Å². The lowest BCUT2D eigenvalue weighted by Gasteiger charge is -2.23. The van der Waals surface area contributed by atoms with E-state index in [1.165, 1.54) is 10.5 Å². The Morgan fingerprint density at radius 2 is 2.17 bits per heavy atom. The van der Waals surface area contributed by atoms with E-state index in [1.54, 1.807) is 18.0 Å². The van der Waals surface area contributed by atoms with Gasteiger partial charge in [-0.2, -0.15) is 0 Å². The Morgan fingerprint density at radius 1 is 1.35 bits per heavy atom. The van der Waals surface area contributed by atoms with Crippen molar-refractivity contribution in [1.29, 1.82) is 0 Å². The molecule has 3 rings (SSSR count). The molecule has 1 atom stereocenters. The topological polar surface area (TPSA) is 45.5 Å². The van der Waals surface area contributed by atoms with E-state index >= 15 is 0 Å². The second-order valence-electron chi connectivity index (χ2n) is 5.77. The van der Waals surface area contributed by atoms with E-state index in [2.05, 4.69) is 40.7 Å². The van der Waals surface area contributed by atoms with Crippen molar-refractivity contribution in [2.75, 3.05) is 12.8 Å². The number of hydrogen-bond donors (Lipinski definition) is 1. The minimum atomic E-state index is -0.0369. The molecule has 0 spiro atoms. The van der Waals surface area contributed by atoms with Gasteiger partial charge in [0.2, 0.25) is 5.91 Å². The number of amides is 1. The normalized spacial score (nSPS) is 18.2. The second-order valence-corrected chi connectivity index (χ2v) is 6.65. The molecule has 1 fully saturated rings. The molecule has 0 unspecified atom stereocenters. The molecule has 0 saturated carbocycles. The lowest BCUT2D eigenvalue weighted by molar-refractivity contribution is -0.125. The maximum Gasteiger partial charge on any atom is 0.237 e. The zero-order valence-electron chi connectivity index (χ0n) is 13.3. The maximum atomic E-state index is 12.4. The monoisotopic (exact) mass is 330 g/mol.